The topological polar surface area (TPSA) is 61.0 Å². The van der Waals surface area contributed by atoms with Gasteiger partial charge in [-0.05, 0) is 31.4 Å². The Kier molecular flexibility index (Phi) is 2.59. The van der Waals surface area contributed by atoms with E-state index in [1.54, 1.807) is 12.1 Å². The first kappa shape index (κ1) is 11.0. The smallest absolute Gasteiger partial charge is 0.226 e. The molecule has 0 saturated heterocycles. The zero-order chi connectivity index (χ0) is 12.5. The number of ether oxygens (including phenoxy) is 1. The fraction of sp³-hybridized carbons (Fsp3) is 0.231. The van der Waals surface area contributed by atoms with Crippen LogP contribution in [0.4, 0.5) is 10.1 Å². The number of hydrogen-bond donors (Lipinski definition) is 1. The van der Waals surface area contributed by atoms with Crippen LogP contribution in [0.1, 0.15) is 17.7 Å². The highest BCUT2D eigenvalue weighted by Gasteiger charge is 2.20. The number of para-hydroxylation sites is 1. The van der Waals surface area contributed by atoms with Crippen molar-refractivity contribution in [2.24, 2.45) is 0 Å². The van der Waals surface area contributed by atoms with E-state index in [9.17, 15) is 4.39 Å². The Hall–Kier alpha value is -2.17. The van der Waals surface area contributed by atoms with E-state index in [2.05, 4.69) is 9.97 Å². The van der Waals surface area contributed by atoms with Crippen molar-refractivity contribution in [3.63, 3.8) is 0 Å². The van der Waals surface area contributed by atoms with Crippen molar-refractivity contribution in [1.29, 1.82) is 0 Å². The second-order valence-electron chi connectivity index (χ2n) is 4.22. The molecule has 3 rings (SSSR count). The third-order valence-electron chi connectivity index (χ3n) is 3.03. The van der Waals surface area contributed by atoms with Crippen molar-refractivity contribution >= 4 is 5.69 Å². The standard InChI is InChI=1S/C13H12FN3O/c14-9-4-2-5-10(15)12(9)18-13-8-3-1-6-11(8)16-7-17-13/h2,4-5,7H,1,3,6,15H2. The van der Waals surface area contributed by atoms with Crippen molar-refractivity contribution in [1.82, 2.24) is 9.97 Å². The lowest BCUT2D eigenvalue weighted by Gasteiger charge is -2.10. The van der Waals surface area contributed by atoms with Crippen molar-refractivity contribution in [3.05, 3.63) is 41.6 Å². The van der Waals surface area contributed by atoms with Crippen LogP contribution in [0.25, 0.3) is 0 Å². The number of anilines is 1. The van der Waals surface area contributed by atoms with Gasteiger partial charge < -0.3 is 10.5 Å². The molecule has 2 aromatic rings. The zero-order valence-corrected chi connectivity index (χ0v) is 9.69. The minimum absolute atomic E-state index is 0.0327. The molecule has 1 aliphatic rings. The van der Waals surface area contributed by atoms with Gasteiger partial charge >= 0.3 is 0 Å². The first-order chi connectivity index (χ1) is 8.75. The van der Waals surface area contributed by atoms with Gasteiger partial charge in [0.25, 0.3) is 0 Å². The minimum Gasteiger partial charge on any atom is -0.433 e. The third kappa shape index (κ3) is 1.77. The van der Waals surface area contributed by atoms with Gasteiger partial charge in [0.2, 0.25) is 5.88 Å². The number of halogens is 1. The molecule has 0 saturated carbocycles. The van der Waals surface area contributed by atoms with E-state index in [1.165, 1.54) is 12.4 Å². The number of aryl methyl sites for hydroxylation is 1. The number of fused-ring (bicyclic) bond motifs is 1. The predicted molar refractivity (Wildman–Crippen MR) is 64.9 cm³/mol. The van der Waals surface area contributed by atoms with E-state index in [0.717, 1.165) is 30.5 Å². The number of benzene rings is 1. The Labute approximate surface area is 104 Å². The molecule has 0 fully saturated rings. The normalized spacial score (nSPS) is 13.4. The predicted octanol–water partition coefficient (Wildman–Crippen LogP) is 2.48. The largest absolute Gasteiger partial charge is 0.433 e. The number of hydrogen-bond acceptors (Lipinski definition) is 4. The maximum absolute atomic E-state index is 13.6. The molecule has 0 unspecified atom stereocenters. The summed E-state index contributed by atoms with van der Waals surface area (Å²) in [5.74, 6) is -0.0417. The average molecular weight is 245 g/mol. The van der Waals surface area contributed by atoms with Crippen molar-refractivity contribution < 1.29 is 9.13 Å². The van der Waals surface area contributed by atoms with Crippen LogP contribution in [-0.4, -0.2) is 9.97 Å². The quantitative estimate of drug-likeness (QED) is 0.826. The summed E-state index contributed by atoms with van der Waals surface area (Å²) in [5.41, 5.74) is 7.91. The Morgan fingerprint density at radius 1 is 1.22 bits per heavy atom. The van der Waals surface area contributed by atoms with Crippen LogP contribution < -0.4 is 10.5 Å². The van der Waals surface area contributed by atoms with Crippen LogP contribution in [0, 0.1) is 5.82 Å². The molecule has 0 amide bonds. The highest BCUT2D eigenvalue weighted by molar-refractivity contribution is 5.54. The highest BCUT2D eigenvalue weighted by atomic mass is 19.1. The van der Waals surface area contributed by atoms with Crippen molar-refractivity contribution in [2.45, 2.75) is 19.3 Å². The Morgan fingerprint density at radius 2 is 2.11 bits per heavy atom. The first-order valence-electron chi connectivity index (χ1n) is 5.80. The first-order valence-corrected chi connectivity index (χ1v) is 5.80. The molecule has 1 aliphatic carbocycles. The Bertz CT molecular complexity index is 581. The molecular weight excluding hydrogens is 233 g/mol. The molecule has 5 heteroatoms. The van der Waals surface area contributed by atoms with E-state index in [4.69, 9.17) is 10.5 Å². The maximum atomic E-state index is 13.6. The number of nitrogens with two attached hydrogens (primary N) is 1. The van der Waals surface area contributed by atoms with Gasteiger partial charge in [-0.25, -0.2) is 14.4 Å². The Morgan fingerprint density at radius 3 is 2.94 bits per heavy atom. The molecule has 18 heavy (non-hydrogen) atoms. The molecule has 1 heterocycles. The second kappa shape index (κ2) is 4.25. The molecule has 0 atom stereocenters. The summed E-state index contributed by atoms with van der Waals surface area (Å²) in [7, 11) is 0. The number of rotatable bonds is 2. The maximum Gasteiger partial charge on any atom is 0.226 e. The molecule has 0 radical (unpaired) electrons. The summed E-state index contributed by atoms with van der Waals surface area (Å²) in [6.45, 7) is 0. The van der Waals surface area contributed by atoms with E-state index in [-0.39, 0.29) is 11.4 Å². The van der Waals surface area contributed by atoms with Crippen LogP contribution in [0.3, 0.4) is 0 Å². The summed E-state index contributed by atoms with van der Waals surface area (Å²) in [5, 5.41) is 0. The van der Waals surface area contributed by atoms with Gasteiger partial charge in [-0.3, -0.25) is 0 Å². The lowest BCUT2D eigenvalue weighted by atomic mass is 10.2. The van der Waals surface area contributed by atoms with Crippen LogP contribution in [0.15, 0.2) is 24.5 Å². The summed E-state index contributed by atoms with van der Waals surface area (Å²) in [6.07, 6.45) is 4.24. The molecule has 0 bridgehead atoms. The van der Waals surface area contributed by atoms with Crippen molar-refractivity contribution in [3.8, 4) is 11.6 Å². The summed E-state index contributed by atoms with van der Waals surface area (Å²) in [4.78, 5) is 8.26. The van der Waals surface area contributed by atoms with E-state index < -0.39 is 5.82 Å². The highest BCUT2D eigenvalue weighted by Crippen LogP contribution is 2.34. The van der Waals surface area contributed by atoms with Crippen LogP contribution >= 0.6 is 0 Å². The molecule has 1 aromatic heterocycles. The van der Waals surface area contributed by atoms with Gasteiger partial charge in [0, 0.05) is 5.56 Å². The number of nitrogen functional groups attached to an aromatic ring is 1. The van der Waals surface area contributed by atoms with Gasteiger partial charge in [0.15, 0.2) is 11.6 Å². The molecule has 1 aromatic carbocycles. The van der Waals surface area contributed by atoms with Gasteiger partial charge in [-0.1, -0.05) is 6.07 Å². The molecule has 2 N–H and O–H groups in total. The molecule has 0 spiro atoms. The summed E-state index contributed by atoms with van der Waals surface area (Å²) >= 11 is 0. The molecule has 0 aliphatic heterocycles. The Balaban J connectivity index is 2.01. The third-order valence-corrected chi connectivity index (χ3v) is 3.03. The SMILES string of the molecule is Nc1cccc(F)c1Oc1ncnc2c1CCC2. The van der Waals surface area contributed by atoms with Crippen LogP contribution in [0.2, 0.25) is 0 Å². The second-order valence-corrected chi connectivity index (χ2v) is 4.22. The fourth-order valence-corrected chi connectivity index (χ4v) is 2.15. The van der Waals surface area contributed by atoms with E-state index in [0.29, 0.717) is 5.88 Å². The zero-order valence-electron chi connectivity index (χ0n) is 9.69. The van der Waals surface area contributed by atoms with E-state index in [1.807, 2.05) is 0 Å². The van der Waals surface area contributed by atoms with Gasteiger partial charge in [-0.15, -0.1) is 0 Å². The van der Waals surface area contributed by atoms with Crippen molar-refractivity contribution in [2.75, 3.05) is 5.73 Å². The lowest BCUT2D eigenvalue weighted by Crippen LogP contribution is -2.00. The molecule has 4 nitrogen and oxygen atoms in total. The average Bonchev–Trinajstić information content (AvgIpc) is 2.83. The number of aromatic nitrogens is 2. The summed E-state index contributed by atoms with van der Waals surface area (Å²) in [6, 6.07) is 4.45. The van der Waals surface area contributed by atoms with Crippen LogP contribution in [-0.2, 0) is 12.8 Å². The minimum atomic E-state index is -0.486. The fourth-order valence-electron chi connectivity index (χ4n) is 2.15. The van der Waals surface area contributed by atoms with Gasteiger partial charge in [0.1, 0.15) is 6.33 Å². The van der Waals surface area contributed by atoms with Crippen LogP contribution in [0.5, 0.6) is 11.6 Å². The van der Waals surface area contributed by atoms with Gasteiger partial charge in [-0.2, -0.15) is 0 Å². The lowest BCUT2D eigenvalue weighted by molar-refractivity contribution is 0.424. The summed E-state index contributed by atoms with van der Waals surface area (Å²) < 4.78 is 19.2. The number of nitrogens with zero attached hydrogens (tertiary/aromatic N) is 2. The van der Waals surface area contributed by atoms with E-state index >= 15 is 0 Å². The van der Waals surface area contributed by atoms with Gasteiger partial charge in [0.05, 0.1) is 11.4 Å². The molecule has 92 valence electrons. The molecular formula is C13H12FN3O. The monoisotopic (exact) mass is 245 g/mol.